The third kappa shape index (κ3) is 6.57. The average molecular weight is 563 g/mol. The van der Waals surface area contributed by atoms with Crippen LogP contribution in [0.3, 0.4) is 0 Å². The Kier molecular flexibility index (Phi) is 9.22. The van der Waals surface area contributed by atoms with Crippen molar-refractivity contribution in [3.8, 4) is 0 Å². The Labute approximate surface area is 205 Å². The van der Waals surface area contributed by atoms with Crippen LogP contribution in [0.1, 0.15) is 45.2 Å². The van der Waals surface area contributed by atoms with Gasteiger partial charge in [-0.2, -0.15) is 0 Å². The molecule has 2 unspecified atom stereocenters. The number of guanidine groups is 1. The highest BCUT2D eigenvalue weighted by atomic mass is 127. The van der Waals surface area contributed by atoms with Crippen molar-refractivity contribution in [1.82, 2.24) is 15.1 Å². The van der Waals surface area contributed by atoms with E-state index in [1.54, 1.807) is 20.9 Å². The molecule has 0 saturated carbocycles. The third-order valence-electron chi connectivity index (χ3n) is 6.45. The van der Waals surface area contributed by atoms with Gasteiger partial charge < -0.3 is 10.2 Å². The standard InChI is InChI=1S/C23H38N4O2S.HI/c1-18-12-19(2)15-26(14-18)16-21-9-7-6-8-20(21)13-25-22(24-5)27-10-11-30(28,29)23(3,4)17-27;/h6-9,18-19H,10-17H2,1-5H3,(H,24,25);1H. The van der Waals surface area contributed by atoms with Gasteiger partial charge in [0.25, 0.3) is 0 Å². The molecule has 0 amide bonds. The second-order valence-electron chi connectivity index (χ2n) is 9.81. The SMILES string of the molecule is CN=C(NCc1ccccc1CN1CC(C)CC(C)C1)N1CCS(=O)(=O)C(C)(C)C1.I. The molecular formula is C23H39IN4O2S. The van der Waals surface area contributed by atoms with Crippen LogP contribution < -0.4 is 5.32 Å². The molecule has 31 heavy (non-hydrogen) atoms. The Hall–Kier alpha value is -0.870. The van der Waals surface area contributed by atoms with E-state index < -0.39 is 14.6 Å². The molecule has 6 nitrogen and oxygen atoms in total. The van der Waals surface area contributed by atoms with Gasteiger partial charge in [-0.3, -0.25) is 9.89 Å². The maximum Gasteiger partial charge on any atom is 0.193 e. The predicted molar refractivity (Wildman–Crippen MR) is 140 cm³/mol. The molecule has 2 fully saturated rings. The highest BCUT2D eigenvalue weighted by molar-refractivity contribution is 14.0. The predicted octanol–water partition coefficient (Wildman–Crippen LogP) is 3.37. The summed E-state index contributed by atoms with van der Waals surface area (Å²) >= 11 is 0. The number of piperidine rings is 1. The quantitative estimate of drug-likeness (QED) is 0.347. The average Bonchev–Trinajstić information content (AvgIpc) is 2.65. The fraction of sp³-hybridized carbons (Fsp3) is 0.696. The van der Waals surface area contributed by atoms with E-state index in [1.165, 1.54) is 17.5 Å². The lowest BCUT2D eigenvalue weighted by Gasteiger charge is -2.39. The molecule has 2 aliphatic rings. The summed E-state index contributed by atoms with van der Waals surface area (Å²) in [7, 11) is -1.30. The first-order valence-electron chi connectivity index (χ1n) is 11.1. The van der Waals surface area contributed by atoms with Gasteiger partial charge in [0.15, 0.2) is 15.8 Å². The monoisotopic (exact) mass is 562 g/mol. The minimum absolute atomic E-state index is 0. The van der Waals surface area contributed by atoms with Gasteiger partial charge in [0.1, 0.15) is 0 Å². The van der Waals surface area contributed by atoms with E-state index in [-0.39, 0.29) is 29.7 Å². The van der Waals surface area contributed by atoms with Crippen LogP contribution >= 0.6 is 24.0 Å². The number of aliphatic imine (C=N–C) groups is 1. The Morgan fingerprint density at radius 1 is 1.16 bits per heavy atom. The van der Waals surface area contributed by atoms with E-state index in [9.17, 15) is 8.42 Å². The van der Waals surface area contributed by atoms with E-state index in [2.05, 4.69) is 58.2 Å². The molecule has 1 N–H and O–H groups in total. The summed E-state index contributed by atoms with van der Waals surface area (Å²) in [6, 6.07) is 8.60. The van der Waals surface area contributed by atoms with Crippen molar-refractivity contribution in [3.63, 3.8) is 0 Å². The highest BCUT2D eigenvalue weighted by Crippen LogP contribution is 2.25. The van der Waals surface area contributed by atoms with E-state index in [1.807, 2.05) is 0 Å². The molecule has 0 aliphatic carbocycles. The highest BCUT2D eigenvalue weighted by Gasteiger charge is 2.41. The number of likely N-dealkylation sites (tertiary alicyclic amines) is 1. The summed E-state index contributed by atoms with van der Waals surface area (Å²) in [4.78, 5) is 9.07. The van der Waals surface area contributed by atoms with Crippen LogP contribution in [0.2, 0.25) is 0 Å². The molecule has 2 heterocycles. The molecule has 3 rings (SSSR count). The number of nitrogens with zero attached hydrogens (tertiary/aromatic N) is 3. The summed E-state index contributed by atoms with van der Waals surface area (Å²) in [5.41, 5.74) is 2.62. The van der Waals surface area contributed by atoms with Crippen LogP contribution in [-0.2, 0) is 22.9 Å². The van der Waals surface area contributed by atoms with Gasteiger partial charge in [-0.15, -0.1) is 24.0 Å². The Balaban J connectivity index is 0.00000341. The molecule has 0 spiro atoms. The van der Waals surface area contributed by atoms with Gasteiger partial charge in [0, 0.05) is 46.3 Å². The summed E-state index contributed by atoms with van der Waals surface area (Å²) < 4.78 is 23.9. The first-order valence-corrected chi connectivity index (χ1v) is 12.7. The minimum atomic E-state index is -3.06. The van der Waals surface area contributed by atoms with Crippen molar-refractivity contribution in [2.45, 2.75) is 52.0 Å². The molecule has 1 aromatic carbocycles. The lowest BCUT2D eigenvalue weighted by molar-refractivity contribution is 0.134. The van der Waals surface area contributed by atoms with Crippen LogP contribution in [0.25, 0.3) is 0 Å². The van der Waals surface area contributed by atoms with Crippen molar-refractivity contribution in [1.29, 1.82) is 0 Å². The van der Waals surface area contributed by atoms with Gasteiger partial charge in [-0.25, -0.2) is 8.42 Å². The summed E-state index contributed by atoms with van der Waals surface area (Å²) in [6.45, 7) is 13.2. The van der Waals surface area contributed by atoms with E-state index >= 15 is 0 Å². The maximum atomic E-state index is 12.3. The zero-order chi connectivity index (χ0) is 21.9. The van der Waals surface area contributed by atoms with E-state index in [0.717, 1.165) is 37.4 Å². The lowest BCUT2D eigenvalue weighted by Crippen LogP contribution is -2.57. The fourth-order valence-electron chi connectivity index (χ4n) is 4.88. The maximum absolute atomic E-state index is 12.3. The van der Waals surface area contributed by atoms with Crippen molar-refractivity contribution in [2.75, 3.05) is 39.0 Å². The second kappa shape index (κ2) is 10.8. The van der Waals surface area contributed by atoms with E-state index in [4.69, 9.17) is 0 Å². The van der Waals surface area contributed by atoms with Gasteiger partial charge in [-0.1, -0.05) is 38.1 Å². The van der Waals surface area contributed by atoms with Crippen LogP contribution in [0.5, 0.6) is 0 Å². The lowest BCUT2D eigenvalue weighted by atomic mass is 9.91. The second-order valence-corrected chi connectivity index (χ2v) is 12.6. The van der Waals surface area contributed by atoms with Crippen LogP contribution in [0, 0.1) is 11.8 Å². The molecule has 0 aromatic heterocycles. The normalized spacial score (nSPS) is 26.2. The smallest absolute Gasteiger partial charge is 0.193 e. The largest absolute Gasteiger partial charge is 0.352 e. The Bertz CT molecular complexity index is 862. The molecule has 8 heteroatoms. The zero-order valence-electron chi connectivity index (χ0n) is 19.6. The number of benzene rings is 1. The van der Waals surface area contributed by atoms with Crippen LogP contribution in [0.15, 0.2) is 29.3 Å². The molecule has 2 saturated heterocycles. The molecule has 0 bridgehead atoms. The van der Waals surface area contributed by atoms with E-state index in [0.29, 0.717) is 19.6 Å². The number of halogens is 1. The number of hydrogen-bond acceptors (Lipinski definition) is 4. The number of nitrogens with one attached hydrogen (secondary N) is 1. The first kappa shape index (κ1) is 26.4. The molecule has 2 aliphatic heterocycles. The van der Waals surface area contributed by atoms with Gasteiger partial charge in [0.05, 0.1) is 10.5 Å². The Morgan fingerprint density at radius 2 is 1.77 bits per heavy atom. The molecular weight excluding hydrogens is 523 g/mol. The number of hydrogen-bond donors (Lipinski definition) is 1. The van der Waals surface area contributed by atoms with Crippen molar-refractivity contribution >= 4 is 39.8 Å². The van der Waals surface area contributed by atoms with Crippen molar-refractivity contribution in [2.24, 2.45) is 16.8 Å². The van der Waals surface area contributed by atoms with Crippen LogP contribution in [-0.4, -0.2) is 67.9 Å². The van der Waals surface area contributed by atoms with Crippen LogP contribution in [0.4, 0.5) is 0 Å². The topological polar surface area (TPSA) is 65.0 Å². The third-order valence-corrected chi connectivity index (χ3v) is 8.98. The molecule has 176 valence electrons. The molecule has 2 atom stereocenters. The molecule has 0 radical (unpaired) electrons. The summed E-state index contributed by atoms with van der Waals surface area (Å²) in [5, 5.41) is 3.48. The van der Waals surface area contributed by atoms with Crippen molar-refractivity contribution < 1.29 is 8.42 Å². The summed E-state index contributed by atoms with van der Waals surface area (Å²) in [5.74, 6) is 2.43. The first-order chi connectivity index (χ1) is 14.1. The van der Waals surface area contributed by atoms with Crippen molar-refractivity contribution in [3.05, 3.63) is 35.4 Å². The zero-order valence-corrected chi connectivity index (χ0v) is 22.7. The van der Waals surface area contributed by atoms with Gasteiger partial charge in [0.2, 0.25) is 0 Å². The van der Waals surface area contributed by atoms with Gasteiger partial charge >= 0.3 is 0 Å². The Morgan fingerprint density at radius 3 is 2.35 bits per heavy atom. The number of sulfone groups is 1. The number of rotatable bonds is 4. The summed E-state index contributed by atoms with van der Waals surface area (Å²) in [6.07, 6.45) is 1.32. The fourth-order valence-corrected chi connectivity index (χ4v) is 6.24. The molecule has 1 aromatic rings. The van der Waals surface area contributed by atoms with Gasteiger partial charge in [-0.05, 0) is 43.2 Å². The minimum Gasteiger partial charge on any atom is -0.352 e.